The van der Waals surface area contributed by atoms with E-state index in [0.29, 0.717) is 27.9 Å². The van der Waals surface area contributed by atoms with Gasteiger partial charge >= 0.3 is 0 Å². The second kappa shape index (κ2) is 15.0. The van der Waals surface area contributed by atoms with Crippen molar-refractivity contribution in [2.45, 2.75) is 77.6 Å². The Kier molecular flexibility index (Phi) is 10.1. The normalized spacial score (nSPS) is 24.5. The summed E-state index contributed by atoms with van der Waals surface area (Å²) in [5.74, 6) is -1.68. The first-order chi connectivity index (χ1) is 27.7. The van der Waals surface area contributed by atoms with E-state index in [2.05, 4.69) is 69.1 Å². The molecule has 16 heteroatoms. The van der Waals surface area contributed by atoms with Crippen molar-refractivity contribution in [3.05, 3.63) is 76.3 Å². The van der Waals surface area contributed by atoms with Gasteiger partial charge in [-0.3, -0.25) is 39.1 Å². The Balaban J connectivity index is 0.811. The quantitative estimate of drug-likeness (QED) is 0.315. The summed E-state index contributed by atoms with van der Waals surface area (Å²) in [7, 11) is 0. The number of benzene rings is 2. The summed E-state index contributed by atoms with van der Waals surface area (Å²) in [4.78, 5) is 80.9. The van der Waals surface area contributed by atoms with Gasteiger partial charge in [-0.05, 0) is 49.6 Å². The van der Waals surface area contributed by atoms with Gasteiger partial charge in [-0.25, -0.2) is 9.97 Å². The highest BCUT2D eigenvalue weighted by atomic mass is 35.5. The number of carbonyl (C=O) groups excluding carboxylic acids is 5. The monoisotopic (exact) mass is 807 g/mol. The Morgan fingerprint density at radius 1 is 0.862 bits per heavy atom. The topological polar surface area (TPSA) is 181 Å². The molecule has 0 spiro atoms. The lowest BCUT2D eigenvalue weighted by atomic mass is 9.49. The van der Waals surface area contributed by atoms with Crippen molar-refractivity contribution in [2.24, 2.45) is 10.8 Å². The largest absolute Gasteiger partial charge is 0.489 e. The number of rotatable bonds is 8. The molecule has 0 radical (unpaired) electrons. The number of hydrogen-bond acceptors (Lipinski definition) is 12. The number of imide groups is 2. The van der Waals surface area contributed by atoms with E-state index in [1.807, 2.05) is 6.07 Å². The zero-order valence-electron chi connectivity index (χ0n) is 33.0. The molecule has 2 aromatic carbocycles. The molecule has 302 valence electrons. The SMILES string of the molecule is CC1(C)[C@H](NC(=O)c2ncc(N3CCN(C4CCN(c5ccc6c(c5)C(=O)N(C5CCC(=O)NC5=O)C6=O)CC4)CC3)cn2)C(C)(C)[C@H]1Oc1ccc(C#N)c(Cl)c1. The molecule has 1 unspecified atom stereocenters. The molecule has 1 saturated carbocycles. The Labute approximate surface area is 341 Å². The lowest BCUT2D eigenvalue weighted by Gasteiger charge is -2.63. The van der Waals surface area contributed by atoms with E-state index in [4.69, 9.17) is 16.3 Å². The number of aromatic nitrogens is 2. The molecule has 4 fully saturated rings. The average molecular weight is 808 g/mol. The number of anilines is 2. The van der Waals surface area contributed by atoms with Crippen LogP contribution in [-0.4, -0.2) is 113 Å². The van der Waals surface area contributed by atoms with Gasteiger partial charge in [0, 0.05) is 80.4 Å². The Bertz CT molecular complexity index is 2210. The zero-order chi connectivity index (χ0) is 41.1. The van der Waals surface area contributed by atoms with Gasteiger partial charge in [-0.1, -0.05) is 39.3 Å². The van der Waals surface area contributed by atoms with E-state index in [0.717, 1.165) is 68.4 Å². The minimum atomic E-state index is -0.985. The maximum absolute atomic E-state index is 13.4. The van der Waals surface area contributed by atoms with Crippen molar-refractivity contribution in [1.82, 2.24) is 30.4 Å². The molecule has 3 aromatic rings. The summed E-state index contributed by atoms with van der Waals surface area (Å²) in [6, 6.07) is 11.6. The molecule has 3 saturated heterocycles. The number of carbonyl (C=O) groups is 5. The first kappa shape index (κ1) is 39.2. The minimum Gasteiger partial charge on any atom is -0.489 e. The highest BCUT2D eigenvalue weighted by molar-refractivity contribution is 6.31. The van der Waals surface area contributed by atoms with Crippen molar-refractivity contribution in [2.75, 3.05) is 49.1 Å². The van der Waals surface area contributed by atoms with Crippen molar-refractivity contribution in [3.63, 3.8) is 0 Å². The van der Waals surface area contributed by atoms with Crippen LogP contribution in [0.25, 0.3) is 0 Å². The lowest BCUT2D eigenvalue weighted by Crippen LogP contribution is -2.74. The Hall–Kier alpha value is -5.59. The van der Waals surface area contributed by atoms with Crippen LogP contribution in [0.4, 0.5) is 11.4 Å². The van der Waals surface area contributed by atoms with E-state index >= 15 is 0 Å². The van der Waals surface area contributed by atoms with E-state index < -0.39 is 40.5 Å². The lowest BCUT2D eigenvalue weighted by molar-refractivity contribution is -0.164. The van der Waals surface area contributed by atoms with E-state index in [1.165, 1.54) is 0 Å². The summed E-state index contributed by atoms with van der Waals surface area (Å²) < 4.78 is 6.35. The summed E-state index contributed by atoms with van der Waals surface area (Å²) in [6.45, 7) is 13.2. The van der Waals surface area contributed by atoms with Crippen LogP contribution >= 0.6 is 11.6 Å². The van der Waals surface area contributed by atoms with E-state index in [9.17, 15) is 29.2 Å². The second-order valence-electron chi connectivity index (χ2n) is 17.0. The number of piperidine rings is 2. The van der Waals surface area contributed by atoms with Gasteiger partial charge in [0.25, 0.3) is 17.7 Å². The molecule has 5 aliphatic rings. The fourth-order valence-corrected chi connectivity index (χ4v) is 10.1. The molecular formula is C42H46ClN9O6. The van der Waals surface area contributed by atoms with Crippen molar-refractivity contribution >= 4 is 52.5 Å². The van der Waals surface area contributed by atoms with Crippen molar-refractivity contribution in [1.29, 1.82) is 5.26 Å². The third-order valence-corrected chi connectivity index (χ3v) is 13.0. The number of amides is 5. The number of piperazine rings is 1. The van der Waals surface area contributed by atoms with Crippen molar-refractivity contribution < 1.29 is 28.7 Å². The fourth-order valence-electron chi connectivity index (χ4n) is 9.88. The van der Waals surface area contributed by atoms with Crippen LogP contribution in [0.15, 0.2) is 48.8 Å². The standard InChI is InChI=1S/C42H46ClN9O6/c1-41(2)39(42(3,4)40(41)58-28-7-5-24(21-44)31(43)20-28)48-36(55)34-45-22-27(23-46-34)51-17-15-50(16-18-51)25-11-13-49(14-12-25)26-6-8-29-30(19-26)38(57)52(37(29)56)32-9-10-33(53)47-35(32)54/h5-8,19-20,22-23,25,32,39-40H,9-18H2,1-4H3,(H,48,55)(H,47,53,54)/t32?,39-,40-. The minimum absolute atomic E-state index is 0.0823. The Morgan fingerprint density at radius 2 is 1.52 bits per heavy atom. The van der Waals surface area contributed by atoms with Gasteiger partial charge in [-0.15, -0.1) is 0 Å². The third kappa shape index (κ3) is 6.91. The van der Waals surface area contributed by atoms with Crippen LogP contribution in [-0.2, 0) is 9.59 Å². The van der Waals surface area contributed by atoms with Gasteiger partial charge < -0.3 is 19.9 Å². The maximum atomic E-state index is 13.4. The molecule has 15 nitrogen and oxygen atoms in total. The first-order valence-electron chi connectivity index (χ1n) is 19.8. The van der Waals surface area contributed by atoms with Gasteiger partial charge in [0.1, 0.15) is 24.0 Å². The Morgan fingerprint density at radius 3 is 2.16 bits per heavy atom. The number of ether oxygens (including phenoxy) is 1. The number of nitrogens with one attached hydrogen (secondary N) is 2. The maximum Gasteiger partial charge on any atom is 0.289 e. The van der Waals surface area contributed by atoms with Crippen molar-refractivity contribution in [3.8, 4) is 11.8 Å². The molecule has 1 aliphatic carbocycles. The summed E-state index contributed by atoms with van der Waals surface area (Å²) >= 11 is 6.24. The van der Waals surface area contributed by atoms with Crippen LogP contribution < -0.4 is 25.2 Å². The molecular weight excluding hydrogens is 762 g/mol. The summed E-state index contributed by atoms with van der Waals surface area (Å²) in [5.41, 5.74) is 1.87. The molecule has 4 aliphatic heterocycles. The third-order valence-electron chi connectivity index (χ3n) is 12.7. The molecule has 0 bridgehead atoms. The predicted octanol–water partition coefficient (Wildman–Crippen LogP) is 3.81. The number of halogens is 1. The molecule has 58 heavy (non-hydrogen) atoms. The number of hydrogen-bond donors (Lipinski definition) is 2. The number of nitriles is 1. The van der Waals surface area contributed by atoms with Crippen LogP contribution in [0.5, 0.6) is 5.75 Å². The number of nitrogens with zero attached hydrogens (tertiary/aromatic N) is 7. The molecule has 5 amide bonds. The predicted molar refractivity (Wildman–Crippen MR) is 214 cm³/mol. The van der Waals surface area contributed by atoms with E-state index in [1.54, 1.807) is 42.7 Å². The second-order valence-corrected chi connectivity index (χ2v) is 17.4. The fraction of sp³-hybridized carbons (Fsp3) is 0.476. The van der Waals surface area contributed by atoms with Gasteiger partial charge in [0.15, 0.2) is 0 Å². The number of fused-ring (bicyclic) bond motifs is 1. The highest BCUT2D eigenvalue weighted by Gasteiger charge is 2.64. The van der Waals surface area contributed by atoms with Gasteiger partial charge in [0.2, 0.25) is 17.6 Å². The average Bonchev–Trinajstić information content (AvgIpc) is 3.46. The highest BCUT2D eigenvalue weighted by Crippen LogP contribution is 2.55. The summed E-state index contributed by atoms with van der Waals surface area (Å²) in [6.07, 6.45) is 5.31. The van der Waals surface area contributed by atoms with E-state index in [-0.39, 0.29) is 42.3 Å². The molecule has 1 atom stereocenters. The molecule has 2 N–H and O–H groups in total. The summed E-state index contributed by atoms with van der Waals surface area (Å²) in [5, 5.41) is 14.9. The van der Waals surface area contributed by atoms with Gasteiger partial charge in [-0.2, -0.15) is 5.26 Å². The molecule has 5 heterocycles. The first-order valence-corrected chi connectivity index (χ1v) is 20.1. The zero-order valence-corrected chi connectivity index (χ0v) is 33.7. The molecule has 8 rings (SSSR count). The van der Waals surface area contributed by atoms with Crippen LogP contribution in [0.1, 0.15) is 90.3 Å². The van der Waals surface area contributed by atoms with Crippen LogP contribution in [0.3, 0.4) is 0 Å². The van der Waals surface area contributed by atoms with Gasteiger partial charge in [0.05, 0.1) is 39.8 Å². The smallest absolute Gasteiger partial charge is 0.289 e. The molecule has 1 aromatic heterocycles. The van der Waals surface area contributed by atoms with Crippen LogP contribution in [0.2, 0.25) is 5.02 Å². The van der Waals surface area contributed by atoms with Crippen LogP contribution in [0, 0.1) is 22.2 Å².